The Morgan fingerprint density at radius 3 is 2.89 bits per heavy atom. The van der Waals surface area contributed by atoms with E-state index in [0.717, 1.165) is 35.6 Å². The van der Waals surface area contributed by atoms with Gasteiger partial charge in [-0.05, 0) is 54.6 Å². The Balaban J connectivity index is 1.43. The van der Waals surface area contributed by atoms with Crippen LogP contribution in [-0.2, 0) is 11.2 Å². The van der Waals surface area contributed by atoms with Crippen molar-refractivity contribution < 1.29 is 9.18 Å². The predicted molar refractivity (Wildman–Crippen MR) is 108 cm³/mol. The molecule has 1 aromatic carbocycles. The van der Waals surface area contributed by atoms with Crippen molar-refractivity contribution in [3.63, 3.8) is 0 Å². The van der Waals surface area contributed by atoms with Gasteiger partial charge in [0.15, 0.2) is 0 Å². The van der Waals surface area contributed by atoms with E-state index in [0.29, 0.717) is 18.9 Å². The quantitative estimate of drug-likeness (QED) is 0.696. The SMILES string of the molecule is O=C(Cc1cccs1)N1CCC[C@@H](c2ccnc(Nc3ccc(F)cc3)n2)C1. The molecule has 2 aromatic heterocycles. The second-order valence-corrected chi connectivity index (χ2v) is 7.90. The van der Waals surface area contributed by atoms with Crippen molar-refractivity contribution in [1.29, 1.82) is 0 Å². The van der Waals surface area contributed by atoms with Crippen LogP contribution in [0.5, 0.6) is 0 Å². The molecule has 0 saturated carbocycles. The molecule has 1 atom stereocenters. The van der Waals surface area contributed by atoms with Crippen LogP contribution in [0.25, 0.3) is 0 Å². The van der Waals surface area contributed by atoms with Gasteiger partial charge in [0.2, 0.25) is 11.9 Å². The molecule has 0 unspecified atom stereocenters. The van der Waals surface area contributed by atoms with Gasteiger partial charge >= 0.3 is 0 Å². The summed E-state index contributed by atoms with van der Waals surface area (Å²) in [5, 5.41) is 5.10. The fourth-order valence-electron chi connectivity index (χ4n) is 3.44. The summed E-state index contributed by atoms with van der Waals surface area (Å²) < 4.78 is 13.1. The fraction of sp³-hybridized carbons (Fsp3) is 0.286. The normalized spacial score (nSPS) is 16.8. The average Bonchev–Trinajstić information content (AvgIpc) is 3.23. The minimum Gasteiger partial charge on any atom is -0.342 e. The van der Waals surface area contributed by atoms with Crippen molar-refractivity contribution in [1.82, 2.24) is 14.9 Å². The van der Waals surface area contributed by atoms with E-state index in [1.54, 1.807) is 29.7 Å². The summed E-state index contributed by atoms with van der Waals surface area (Å²) in [6, 6.07) is 12.0. The van der Waals surface area contributed by atoms with Gasteiger partial charge in [0.1, 0.15) is 5.82 Å². The summed E-state index contributed by atoms with van der Waals surface area (Å²) in [5.74, 6) is 0.560. The first-order valence-corrected chi connectivity index (χ1v) is 10.2. The van der Waals surface area contributed by atoms with Crippen molar-refractivity contribution in [3.8, 4) is 0 Å². The van der Waals surface area contributed by atoms with Crippen LogP contribution < -0.4 is 5.32 Å². The molecule has 1 aliphatic heterocycles. The van der Waals surface area contributed by atoms with E-state index >= 15 is 0 Å². The fourth-order valence-corrected chi connectivity index (χ4v) is 4.14. The highest BCUT2D eigenvalue weighted by atomic mass is 32.1. The Kier molecular flexibility index (Phi) is 5.62. The first kappa shape index (κ1) is 18.6. The standard InChI is InChI=1S/C21H21FN4OS/c22-16-5-7-17(8-6-16)24-21-23-10-9-19(25-21)15-3-1-11-26(14-15)20(27)13-18-4-2-12-28-18/h2,4-10,12,15H,1,3,11,13-14H2,(H,23,24,25)/t15-/m1/s1. The maximum atomic E-state index is 13.1. The number of anilines is 2. The van der Waals surface area contributed by atoms with Crippen molar-refractivity contribution >= 4 is 28.9 Å². The molecule has 3 heterocycles. The van der Waals surface area contributed by atoms with Crippen LogP contribution in [0.4, 0.5) is 16.0 Å². The third kappa shape index (κ3) is 4.54. The molecule has 144 valence electrons. The summed E-state index contributed by atoms with van der Waals surface area (Å²) in [5.41, 5.74) is 1.66. The number of aromatic nitrogens is 2. The Hall–Kier alpha value is -2.80. The number of nitrogens with one attached hydrogen (secondary N) is 1. The monoisotopic (exact) mass is 396 g/mol. The molecule has 0 aliphatic carbocycles. The topological polar surface area (TPSA) is 58.1 Å². The molecule has 28 heavy (non-hydrogen) atoms. The Morgan fingerprint density at radius 1 is 1.25 bits per heavy atom. The molecular weight excluding hydrogens is 375 g/mol. The molecule has 1 aliphatic rings. The maximum Gasteiger partial charge on any atom is 0.227 e. The summed E-state index contributed by atoms with van der Waals surface area (Å²) in [6.07, 6.45) is 4.15. The van der Waals surface area contributed by atoms with E-state index in [1.165, 1.54) is 12.1 Å². The largest absolute Gasteiger partial charge is 0.342 e. The van der Waals surface area contributed by atoms with Crippen LogP contribution in [-0.4, -0.2) is 33.9 Å². The lowest BCUT2D eigenvalue weighted by molar-refractivity contribution is -0.131. The van der Waals surface area contributed by atoms with Gasteiger partial charge in [-0.1, -0.05) is 6.07 Å². The molecule has 3 aromatic rings. The smallest absolute Gasteiger partial charge is 0.227 e. The van der Waals surface area contributed by atoms with Crippen LogP contribution >= 0.6 is 11.3 Å². The highest BCUT2D eigenvalue weighted by molar-refractivity contribution is 7.10. The molecular formula is C21H21FN4OS. The molecule has 7 heteroatoms. The van der Waals surface area contributed by atoms with E-state index in [9.17, 15) is 9.18 Å². The van der Waals surface area contributed by atoms with Gasteiger partial charge in [-0.15, -0.1) is 11.3 Å². The van der Waals surface area contributed by atoms with Gasteiger partial charge in [-0.2, -0.15) is 0 Å². The zero-order valence-electron chi connectivity index (χ0n) is 15.3. The number of hydrogen-bond acceptors (Lipinski definition) is 5. The number of rotatable bonds is 5. The molecule has 1 amide bonds. The number of likely N-dealkylation sites (tertiary alicyclic amines) is 1. The lowest BCUT2D eigenvalue weighted by Gasteiger charge is -2.32. The lowest BCUT2D eigenvalue weighted by atomic mass is 9.94. The van der Waals surface area contributed by atoms with Crippen LogP contribution in [0.1, 0.15) is 29.3 Å². The number of hydrogen-bond donors (Lipinski definition) is 1. The Labute approximate surface area is 167 Å². The Morgan fingerprint density at radius 2 is 2.11 bits per heavy atom. The maximum absolute atomic E-state index is 13.1. The highest BCUT2D eigenvalue weighted by Crippen LogP contribution is 2.27. The van der Waals surface area contributed by atoms with E-state index < -0.39 is 0 Å². The van der Waals surface area contributed by atoms with Crippen LogP contribution in [0.2, 0.25) is 0 Å². The molecule has 1 N–H and O–H groups in total. The Bertz CT molecular complexity index is 930. The summed E-state index contributed by atoms with van der Waals surface area (Å²) >= 11 is 1.62. The molecule has 0 spiro atoms. The molecule has 4 rings (SSSR count). The second-order valence-electron chi connectivity index (χ2n) is 6.87. The van der Waals surface area contributed by atoms with Crippen LogP contribution in [0, 0.1) is 5.82 Å². The van der Waals surface area contributed by atoms with Crippen LogP contribution in [0.15, 0.2) is 54.0 Å². The highest BCUT2D eigenvalue weighted by Gasteiger charge is 2.26. The first-order valence-electron chi connectivity index (χ1n) is 9.33. The zero-order chi connectivity index (χ0) is 19.3. The van der Waals surface area contributed by atoms with E-state index in [2.05, 4.69) is 15.3 Å². The third-order valence-corrected chi connectivity index (χ3v) is 5.75. The van der Waals surface area contributed by atoms with Gasteiger partial charge in [0.25, 0.3) is 0 Å². The number of benzene rings is 1. The minimum atomic E-state index is -0.283. The number of piperidine rings is 1. The number of amides is 1. The van der Waals surface area contributed by atoms with Crippen molar-refractivity contribution in [3.05, 3.63) is 70.4 Å². The molecule has 5 nitrogen and oxygen atoms in total. The lowest BCUT2D eigenvalue weighted by Crippen LogP contribution is -2.40. The molecule has 0 radical (unpaired) electrons. The van der Waals surface area contributed by atoms with Gasteiger partial charge in [0.05, 0.1) is 12.1 Å². The third-order valence-electron chi connectivity index (χ3n) is 4.88. The van der Waals surface area contributed by atoms with Crippen molar-refractivity contribution in [2.45, 2.75) is 25.2 Å². The summed E-state index contributed by atoms with van der Waals surface area (Å²) in [6.45, 7) is 1.48. The van der Waals surface area contributed by atoms with Crippen molar-refractivity contribution in [2.24, 2.45) is 0 Å². The van der Waals surface area contributed by atoms with E-state index in [1.807, 2.05) is 28.5 Å². The molecule has 1 saturated heterocycles. The van der Waals surface area contributed by atoms with E-state index in [-0.39, 0.29) is 17.6 Å². The molecule has 1 fully saturated rings. The van der Waals surface area contributed by atoms with Crippen LogP contribution in [0.3, 0.4) is 0 Å². The van der Waals surface area contributed by atoms with Gasteiger partial charge in [-0.25, -0.2) is 14.4 Å². The number of thiophene rings is 1. The zero-order valence-corrected chi connectivity index (χ0v) is 16.2. The number of halogens is 1. The minimum absolute atomic E-state index is 0.172. The summed E-state index contributed by atoms with van der Waals surface area (Å²) in [4.78, 5) is 24.6. The van der Waals surface area contributed by atoms with E-state index in [4.69, 9.17) is 0 Å². The number of carbonyl (C=O) groups excluding carboxylic acids is 1. The predicted octanol–water partition coefficient (Wildman–Crippen LogP) is 4.37. The average molecular weight is 396 g/mol. The number of nitrogens with zero attached hydrogens (tertiary/aromatic N) is 3. The second kappa shape index (κ2) is 8.48. The van der Waals surface area contributed by atoms with Crippen molar-refractivity contribution in [2.75, 3.05) is 18.4 Å². The van der Waals surface area contributed by atoms with Gasteiger partial charge in [-0.3, -0.25) is 4.79 Å². The van der Waals surface area contributed by atoms with Gasteiger partial charge < -0.3 is 10.2 Å². The molecule has 0 bridgehead atoms. The first-order chi connectivity index (χ1) is 13.7. The summed E-state index contributed by atoms with van der Waals surface area (Å²) in [7, 11) is 0. The number of carbonyl (C=O) groups is 1. The van der Waals surface area contributed by atoms with Gasteiger partial charge in [0, 0.05) is 35.8 Å².